The van der Waals surface area contributed by atoms with Gasteiger partial charge in [0.1, 0.15) is 0 Å². The molecule has 2 rings (SSSR count). The van der Waals surface area contributed by atoms with Gasteiger partial charge < -0.3 is 10.2 Å². The first-order valence-electron chi connectivity index (χ1n) is 8.08. The fourth-order valence-electron chi connectivity index (χ4n) is 3.12. The van der Waals surface area contributed by atoms with Crippen molar-refractivity contribution in [2.45, 2.75) is 40.5 Å². The molecule has 1 aromatic carbocycles. The molecule has 0 atom stereocenters. The number of rotatable bonds is 7. The van der Waals surface area contributed by atoms with Crippen LogP contribution in [-0.2, 0) is 17.6 Å². The molecule has 0 bridgehead atoms. The zero-order valence-electron chi connectivity index (χ0n) is 13.8. The summed E-state index contributed by atoms with van der Waals surface area (Å²) in [4.78, 5) is 14.1. The molecule has 1 N–H and O–H groups in total. The summed E-state index contributed by atoms with van der Waals surface area (Å²) in [5, 5.41) is 2.94. The van der Waals surface area contributed by atoms with Gasteiger partial charge in [-0.15, -0.1) is 0 Å². The lowest BCUT2D eigenvalue weighted by molar-refractivity contribution is -0.115. The minimum Gasteiger partial charge on any atom is -0.326 e. The van der Waals surface area contributed by atoms with Crippen LogP contribution in [0.25, 0.3) is 0 Å². The molecule has 1 aliphatic heterocycles. The second kappa shape index (κ2) is 7.08. The van der Waals surface area contributed by atoms with Gasteiger partial charge in [-0.25, -0.2) is 0 Å². The van der Waals surface area contributed by atoms with Crippen molar-refractivity contribution in [3.8, 4) is 0 Å². The summed E-state index contributed by atoms with van der Waals surface area (Å²) in [6, 6.07) is 6.22. The van der Waals surface area contributed by atoms with Crippen LogP contribution in [0.1, 0.15) is 38.8 Å². The Morgan fingerprint density at radius 3 is 2.43 bits per heavy atom. The Hall–Kier alpha value is -1.35. The first kappa shape index (κ1) is 16.0. The lowest BCUT2D eigenvalue weighted by atomic mass is 10.0. The molecule has 0 aliphatic carbocycles. The number of carbonyl (C=O) groups excluding carboxylic acids is 1. The number of carbonyl (C=O) groups is 1. The topological polar surface area (TPSA) is 32.3 Å². The van der Waals surface area contributed by atoms with Crippen molar-refractivity contribution in [1.82, 2.24) is 4.90 Å². The van der Waals surface area contributed by atoms with Crippen LogP contribution in [-0.4, -0.2) is 30.4 Å². The molecule has 3 heteroatoms. The van der Waals surface area contributed by atoms with Gasteiger partial charge in [0.25, 0.3) is 0 Å². The largest absolute Gasteiger partial charge is 0.326 e. The van der Waals surface area contributed by atoms with Crippen molar-refractivity contribution in [3.63, 3.8) is 0 Å². The Morgan fingerprint density at radius 2 is 1.81 bits per heavy atom. The van der Waals surface area contributed by atoms with Gasteiger partial charge in [0.2, 0.25) is 5.91 Å². The van der Waals surface area contributed by atoms with E-state index >= 15 is 0 Å². The molecule has 1 aromatic rings. The minimum atomic E-state index is 0.124. The molecular formula is C18H28N2O. The Balaban J connectivity index is 2.01. The third-order valence-electron chi connectivity index (χ3n) is 3.83. The van der Waals surface area contributed by atoms with Crippen LogP contribution in [0, 0.1) is 11.8 Å². The van der Waals surface area contributed by atoms with E-state index in [-0.39, 0.29) is 5.91 Å². The average molecular weight is 288 g/mol. The maximum absolute atomic E-state index is 11.6. The first-order valence-corrected chi connectivity index (χ1v) is 8.08. The number of hydrogen-bond acceptors (Lipinski definition) is 2. The van der Waals surface area contributed by atoms with E-state index in [0.717, 1.165) is 31.7 Å². The fraction of sp³-hybridized carbons (Fsp3) is 0.611. The van der Waals surface area contributed by atoms with Gasteiger partial charge in [-0.1, -0.05) is 39.8 Å². The van der Waals surface area contributed by atoms with E-state index in [1.54, 1.807) is 0 Å². The lowest BCUT2D eigenvalue weighted by Crippen LogP contribution is -2.33. The predicted molar refractivity (Wildman–Crippen MR) is 88.6 cm³/mol. The number of anilines is 1. The predicted octanol–water partition coefficient (Wildman–Crippen LogP) is 3.34. The molecule has 21 heavy (non-hydrogen) atoms. The number of benzene rings is 1. The summed E-state index contributed by atoms with van der Waals surface area (Å²) in [6.45, 7) is 12.5. The summed E-state index contributed by atoms with van der Waals surface area (Å²) in [5.41, 5.74) is 3.54. The number of nitrogens with one attached hydrogen (secondary N) is 1. The van der Waals surface area contributed by atoms with Crippen molar-refractivity contribution >= 4 is 11.6 Å². The molecule has 1 heterocycles. The summed E-state index contributed by atoms with van der Waals surface area (Å²) >= 11 is 0. The van der Waals surface area contributed by atoms with E-state index in [4.69, 9.17) is 0 Å². The van der Waals surface area contributed by atoms with Gasteiger partial charge in [0, 0.05) is 25.3 Å². The molecule has 3 nitrogen and oxygen atoms in total. The van der Waals surface area contributed by atoms with E-state index in [2.05, 4.69) is 50.0 Å². The van der Waals surface area contributed by atoms with Crippen molar-refractivity contribution in [3.05, 3.63) is 29.3 Å². The molecule has 1 aliphatic rings. The van der Waals surface area contributed by atoms with E-state index < -0.39 is 0 Å². The number of nitrogens with zero attached hydrogens (tertiary/aromatic N) is 1. The van der Waals surface area contributed by atoms with Crippen LogP contribution in [0.5, 0.6) is 0 Å². The Labute approximate surface area is 128 Å². The van der Waals surface area contributed by atoms with Gasteiger partial charge in [-0.3, -0.25) is 4.79 Å². The zero-order valence-corrected chi connectivity index (χ0v) is 13.8. The maximum atomic E-state index is 11.6. The Morgan fingerprint density at radius 1 is 1.14 bits per heavy atom. The highest BCUT2D eigenvalue weighted by Gasteiger charge is 2.20. The summed E-state index contributed by atoms with van der Waals surface area (Å²) in [5.74, 6) is 1.50. The molecule has 0 fully saturated rings. The van der Waals surface area contributed by atoms with Gasteiger partial charge in [-0.05, 0) is 35.4 Å². The van der Waals surface area contributed by atoms with Crippen LogP contribution in [0.3, 0.4) is 0 Å². The fourth-order valence-corrected chi connectivity index (χ4v) is 3.12. The number of amides is 1. The average Bonchev–Trinajstić information content (AvgIpc) is 2.75. The van der Waals surface area contributed by atoms with Crippen molar-refractivity contribution < 1.29 is 4.79 Å². The standard InChI is InChI=1S/C18H28N2O/c1-13(2)11-20(12-14(3)4)9-8-15-6-5-7-17-16(15)10-18(21)19-17/h5-7,13-14H,8-12H2,1-4H3,(H,19,21). The smallest absolute Gasteiger partial charge is 0.228 e. The molecule has 116 valence electrons. The summed E-state index contributed by atoms with van der Waals surface area (Å²) < 4.78 is 0. The molecule has 0 saturated heterocycles. The highest BCUT2D eigenvalue weighted by Crippen LogP contribution is 2.26. The zero-order chi connectivity index (χ0) is 15.4. The summed E-state index contributed by atoms with van der Waals surface area (Å²) in [7, 11) is 0. The Bertz CT molecular complexity index is 484. The monoisotopic (exact) mass is 288 g/mol. The van der Waals surface area contributed by atoms with E-state index in [1.807, 2.05) is 6.07 Å². The minimum absolute atomic E-state index is 0.124. The Kier molecular flexibility index (Phi) is 5.40. The third-order valence-corrected chi connectivity index (χ3v) is 3.83. The van der Waals surface area contributed by atoms with Crippen LogP contribution >= 0.6 is 0 Å². The van der Waals surface area contributed by atoms with Crippen LogP contribution in [0.4, 0.5) is 5.69 Å². The van der Waals surface area contributed by atoms with Crippen LogP contribution in [0.2, 0.25) is 0 Å². The third kappa shape index (κ3) is 4.57. The van der Waals surface area contributed by atoms with Crippen molar-refractivity contribution in [2.24, 2.45) is 11.8 Å². The molecule has 0 radical (unpaired) electrons. The van der Waals surface area contributed by atoms with E-state index in [9.17, 15) is 4.79 Å². The molecule has 0 saturated carbocycles. The highest BCUT2D eigenvalue weighted by molar-refractivity contribution is 5.99. The van der Waals surface area contributed by atoms with Crippen LogP contribution < -0.4 is 5.32 Å². The second-order valence-electron chi connectivity index (χ2n) is 6.97. The van der Waals surface area contributed by atoms with Gasteiger partial charge in [0.05, 0.1) is 6.42 Å². The molecule has 0 aromatic heterocycles. The normalized spacial score (nSPS) is 14.1. The molecule has 0 unspecified atom stereocenters. The van der Waals surface area contributed by atoms with E-state index in [0.29, 0.717) is 18.3 Å². The van der Waals surface area contributed by atoms with Gasteiger partial charge in [0.15, 0.2) is 0 Å². The molecular weight excluding hydrogens is 260 g/mol. The maximum Gasteiger partial charge on any atom is 0.228 e. The molecule has 0 spiro atoms. The quantitative estimate of drug-likeness (QED) is 0.834. The second-order valence-corrected chi connectivity index (χ2v) is 6.97. The molecule has 1 amide bonds. The van der Waals surface area contributed by atoms with Crippen molar-refractivity contribution in [1.29, 1.82) is 0 Å². The van der Waals surface area contributed by atoms with Crippen LogP contribution in [0.15, 0.2) is 18.2 Å². The lowest BCUT2D eigenvalue weighted by Gasteiger charge is -2.26. The summed E-state index contributed by atoms with van der Waals surface area (Å²) in [6.07, 6.45) is 1.57. The SMILES string of the molecule is CC(C)CN(CCc1cccc2c1CC(=O)N2)CC(C)C. The van der Waals surface area contributed by atoms with Crippen molar-refractivity contribution in [2.75, 3.05) is 25.0 Å². The van der Waals surface area contributed by atoms with Gasteiger partial charge in [-0.2, -0.15) is 0 Å². The van der Waals surface area contributed by atoms with Gasteiger partial charge >= 0.3 is 0 Å². The number of hydrogen-bond donors (Lipinski definition) is 1. The highest BCUT2D eigenvalue weighted by atomic mass is 16.1. The number of fused-ring (bicyclic) bond motifs is 1. The van der Waals surface area contributed by atoms with E-state index in [1.165, 1.54) is 11.1 Å². The first-order chi connectivity index (χ1) is 9.95.